The predicted molar refractivity (Wildman–Crippen MR) is 54.7 cm³/mol. The highest BCUT2D eigenvalue weighted by molar-refractivity contribution is 5.75. The van der Waals surface area contributed by atoms with E-state index in [0.29, 0.717) is 19.6 Å². The Morgan fingerprint density at radius 2 is 2.21 bits per heavy atom. The molecule has 0 bridgehead atoms. The minimum atomic E-state index is 0.0755. The van der Waals surface area contributed by atoms with Gasteiger partial charge in [-0.3, -0.25) is 9.63 Å². The molecule has 0 atom stereocenters. The third kappa shape index (κ3) is 4.07. The van der Waals surface area contributed by atoms with Crippen LogP contribution < -0.4 is 5.32 Å². The fourth-order valence-corrected chi connectivity index (χ4v) is 1.31. The first-order chi connectivity index (χ1) is 6.49. The lowest BCUT2D eigenvalue weighted by atomic mass is 10.1. The number of carbonyl (C=O) groups is 1. The fraction of sp³-hybridized carbons (Fsp3) is 0.900. The molecule has 4 nitrogen and oxygen atoms in total. The summed E-state index contributed by atoms with van der Waals surface area (Å²) in [5.74, 6) is 0.0826. The number of hydrogen-bond acceptors (Lipinski definition) is 3. The van der Waals surface area contributed by atoms with Crippen LogP contribution in [-0.4, -0.2) is 36.2 Å². The molecule has 0 aliphatic carbocycles. The summed E-state index contributed by atoms with van der Waals surface area (Å²) in [5, 5.41) is 4.75. The molecule has 1 N–H and O–H groups in total. The quantitative estimate of drug-likeness (QED) is 0.737. The van der Waals surface area contributed by atoms with Crippen LogP contribution in [-0.2, 0) is 9.63 Å². The summed E-state index contributed by atoms with van der Waals surface area (Å²) < 4.78 is 0. The molecule has 1 heterocycles. The lowest BCUT2D eigenvalue weighted by molar-refractivity contribution is -0.168. The van der Waals surface area contributed by atoms with Crippen LogP contribution in [0.1, 0.15) is 33.6 Å². The molecule has 1 aliphatic rings. The van der Waals surface area contributed by atoms with E-state index >= 15 is 0 Å². The van der Waals surface area contributed by atoms with Gasteiger partial charge in [0.2, 0.25) is 5.91 Å². The largest absolute Gasteiger partial charge is 0.312 e. The van der Waals surface area contributed by atoms with Crippen LogP contribution in [0.5, 0.6) is 0 Å². The number of nitrogens with one attached hydrogen (secondary N) is 1. The van der Waals surface area contributed by atoms with Crippen LogP contribution in [0.2, 0.25) is 0 Å². The first-order valence-corrected chi connectivity index (χ1v) is 5.17. The van der Waals surface area contributed by atoms with E-state index < -0.39 is 0 Å². The second-order valence-corrected chi connectivity index (χ2v) is 4.61. The highest BCUT2D eigenvalue weighted by Gasteiger charge is 2.19. The summed E-state index contributed by atoms with van der Waals surface area (Å²) in [6.07, 6.45) is 1.47. The van der Waals surface area contributed by atoms with Crippen molar-refractivity contribution in [1.82, 2.24) is 10.4 Å². The molecular formula is C10H20N2O2. The van der Waals surface area contributed by atoms with E-state index in [1.54, 1.807) is 0 Å². The SMILES string of the molecule is CC(C)(C)NCCC(=O)N1CCCO1. The molecule has 1 saturated heterocycles. The molecule has 0 radical (unpaired) electrons. The van der Waals surface area contributed by atoms with E-state index in [9.17, 15) is 4.79 Å². The Balaban J connectivity index is 2.15. The molecule has 82 valence electrons. The van der Waals surface area contributed by atoms with Crippen LogP contribution in [0.4, 0.5) is 0 Å². The fourth-order valence-electron chi connectivity index (χ4n) is 1.31. The van der Waals surface area contributed by atoms with Crippen molar-refractivity contribution in [3.8, 4) is 0 Å². The summed E-state index contributed by atoms with van der Waals surface area (Å²) in [6.45, 7) is 8.40. The first-order valence-electron chi connectivity index (χ1n) is 5.17. The van der Waals surface area contributed by atoms with Gasteiger partial charge in [-0.2, -0.15) is 0 Å². The normalized spacial score (nSPS) is 17.5. The van der Waals surface area contributed by atoms with Crippen molar-refractivity contribution in [3.05, 3.63) is 0 Å². The van der Waals surface area contributed by atoms with Gasteiger partial charge in [0, 0.05) is 18.5 Å². The van der Waals surface area contributed by atoms with E-state index in [1.165, 1.54) is 5.06 Å². The second kappa shape index (κ2) is 4.75. The molecule has 0 unspecified atom stereocenters. The highest BCUT2D eigenvalue weighted by atomic mass is 16.7. The van der Waals surface area contributed by atoms with Gasteiger partial charge in [0.1, 0.15) is 0 Å². The third-order valence-corrected chi connectivity index (χ3v) is 2.03. The molecule has 0 spiro atoms. The van der Waals surface area contributed by atoms with Crippen molar-refractivity contribution in [2.24, 2.45) is 0 Å². The molecular weight excluding hydrogens is 180 g/mol. The molecule has 4 heteroatoms. The van der Waals surface area contributed by atoms with Gasteiger partial charge in [-0.1, -0.05) is 0 Å². The number of rotatable bonds is 3. The van der Waals surface area contributed by atoms with Crippen LogP contribution in [0.3, 0.4) is 0 Å². The van der Waals surface area contributed by atoms with Gasteiger partial charge in [0.25, 0.3) is 0 Å². The number of nitrogens with zero attached hydrogens (tertiary/aromatic N) is 1. The number of hydroxylamine groups is 2. The van der Waals surface area contributed by atoms with Gasteiger partial charge in [-0.05, 0) is 27.2 Å². The van der Waals surface area contributed by atoms with Crippen molar-refractivity contribution < 1.29 is 9.63 Å². The Morgan fingerprint density at radius 3 is 2.71 bits per heavy atom. The predicted octanol–water partition coefficient (Wildman–Crippen LogP) is 0.928. The average Bonchev–Trinajstić information content (AvgIpc) is 2.53. The third-order valence-electron chi connectivity index (χ3n) is 2.03. The average molecular weight is 200 g/mol. The van der Waals surface area contributed by atoms with Crippen molar-refractivity contribution in [2.75, 3.05) is 19.7 Å². The maximum absolute atomic E-state index is 11.5. The van der Waals surface area contributed by atoms with Crippen molar-refractivity contribution in [2.45, 2.75) is 39.2 Å². The van der Waals surface area contributed by atoms with Gasteiger partial charge < -0.3 is 5.32 Å². The van der Waals surface area contributed by atoms with Crippen LogP contribution >= 0.6 is 0 Å². The number of carbonyl (C=O) groups excluding carboxylic acids is 1. The van der Waals surface area contributed by atoms with Crippen LogP contribution in [0, 0.1) is 0 Å². The Bertz CT molecular complexity index is 193. The van der Waals surface area contributed by atoms with Crippen LogP contribution in [0.15, 0.2) is 0 Å². The maximum atomic E-state index is 11.5. The van der Waals surface area contributed by atoms with E-state index in [2.05, 4.69) is 26.1 Å². The molecule has 0 aromatic carbocycles. The summed E-state index contributed by atoms with van der Waals surface area (Å²) in [6, 6.07) is 0. The topological polar surface area (TPSA) is 41.6 Å². The zero-order valence-electron chi connectivity index (χ0n) is 9.30. The monoisotopic (exact) mass is 200 g/mol. The molecule has 1 fully saturated rings. The number of amides is 1. The summed E-state index contributed by atoms with van der Waals surface area (Å²) in [5.41, 5.74) is 0.0755. The zero-order chi connectivity index (χ0) is 10.6. The first kappa shape index (κ1) is 11.5. The lowest BCUT2D eigenvalue weighted by Gasteiger charge is -2.21. The Morgan fingerprint density at radius 1 is 1.50 bits per heavy atom. The molecule has 0 aromatic heterocycles. The van der Waals surface area contributed by atoms with Crippen LogP contribution in [0.25, 0.3) is 0 Å². The van der Waals surface area contributed by atoms with Gasteiger partial charge in [0.05, 0.1) is 13.2 Å². The maximum Gasteiger partial charge on any atom is 0.247 e. The van der Waals surface area contributed by atoms with E-state index in [1.807, 2.05) is 0 Å². The highest BCUT2D eigenvalue weighted by Crippen LogP contribution is 2.06. The molecule has 1 amide bonds. The summed E-state index contributed by atoms with van der Waals surface area (Å²) in [4.78, 5) is 16.6. The van der Waals surface area contributed by atoms with Gasteiger partial charge in [0.15, 0.2) is 0 Å². The molecule has 1 aliphatic heterocycles. The molecule has 1 rings (SSSR count). The summed E-state index contributed by atoms with van der Waals surface area (Å²) >= 11 is 0. The minimum Gasteiger partial charge on any atom is -0.312 e. The van der Waals surface area contributed by atoms with Crippen molar-refractivity contribution >= 4 is 5.91 Å². The van der Waals surface area contributed by atoms with E-state index in [-0.39, 0.29) is 11.4 Å². The Kier molecular flexibility index (Phi) is 3.89. The molecule has 0 aromatic rings. The van der Waals surface area contributed by atoms with Crippen molar-refractivity contribution in [1.29, 1.82) is 0 Å². The molecule has 0 saturated carbocycles. The molecule has 14 heavy (non-hydrogen) atoms. The van der Waals surface area contributed by atoms with Gasteiger partial charge in [-0.25, -0.2) is 5.06 Å². The van der Waals surface area contributed by atoms with Gasteiger partial charge >= 0.3 is 0 Å². The second-order valence-electron chi connectivity index (χ2n) is 4.61. The van der Waals surface area contributed by atoms with E-state index in [0.717, 1.165) is 13.0 Å². The van der Waals surface area contributed by atoms with Gasteiger partial charge in [-0.15, -0.1) is 0 Å². The smallest absolute Gasteiger partial charge is 0.247 e. The van der Waals surface area contributed by atoms with Crippen molar-refractivity contribution in [3.63, 3.8) is 0 Å². The Labute approximate surface area is 85.6 Å². The number of hydrogen-bond donors (Lipinski definition) is 1. The standard InChI is InChI=1S/C10H20N2O2/c1-10(2,3)11-6-5-9(13)12-7-4-8-14-12/h11H,4-8H2,1-3H3. The zero-order valence-corrected chi connectivity index (χ0v) is 9.30. The Hall–Kier alpha value is -0.610. The minimum absolute atomic E-state index is 0.0755. The van der Waals surface area contributed by atoms with E-state index in [4.69, 9.17) is 4.84 Å². The summed E-state index contributed by atoms with van der Waals surface area (Å²) in [7, 11) is 0. The lowest BCUT2D eigenvalue weighted by Crippen LogP contribution is -2.38.